The van der Waals surface area contributed by atoms with Crippen molar-refractivity contribution >= 4 is 22.8 Å². The van der Waals surface area contributed by atoms with Crippen LogP contribution in [0, 0.1) is 0 Å². The first-order chi connectivity index (χ1) is 18.6. The van der Waals surface area contributed by atoms with Gasteiger partial charge in [-0.1, -0.05) is 20.3 Å². The lowest BCUT2D eigenvalue weighted by Crippen LogP contribution is -2.40. The first kappa shape index (κ1) is 27.8. The number of aromatic amines is 1. The van der Waals surface area contributed by atoms with Crippen molar-refractivity contribution in [1.29, 1.82) is 0 Å². The molecule has 4 rings (SSSR count). The molecule has 12 heteroatoms. The van der Waals surface area contributed by atoms with Crippen molar-refractivity contribution in [2.45, 2.75) is 59.3 Å². The van der Waals surface area contributed by atoms with Gasteiger partial charge in [0.2, 0.25) is 0 Å². The molecule has 4 aromatic heterocycles. The van der Waals surface area contributed by atoms with Gasteiger partial charge < -0.3 is 4.98 Å². The van der Waals surface area contributed by atoms with E-state index in [1.54, 1.807) is 29.7 Å². The van der Waals surface area contributed by atoms with Gasteiger partial charge in [0.15, 0.2) is 0 Å². The number of carbonyl (C=O) groups is 1. The van der Waals surface area contributed by atoms with Crippen LogP contribution in [0.5, 0.6) is 0 Å². The van der Waals surface area contributed by atoms with Crippen LogP contribution in [-0.2, 0) is 19.3 Å². The van der Waals surface area contributed by atoms with Crippen LogP contribution in [-0.4, -0.2) is 36.5 Å². The summed E-state index contributed by atoms with van der Waals surface area (Å²) in [5.74, 6) is -0.243. The molecule has 0 radical (unpaired) electrons. The van der Waals surface area contributed by atoms with E-state index in [4.69, 9.17) is 0 Å². The Morgan fingerprint density at radius 3 is 2.31 bits per heavy atom. The molecule has 4 aromatic rings. The maximum absolute atomic E-state index is 13.1. The van der Waals surface area contributed by atoms with Gasteiger partial charge in [0.1, 0.15) is 17.0 Å². The highest BCUT2D eigenvalue weighted by Gasteiger charge is 2.32. The Balaban J connectivity index is 1.67. The monoisotopic (exact) mass is 542 g/mol. The minimum Gasteiger partial charge on any atom is -0.349 e. The molecule has 0 spiro atoms. The number of anilines is 1. The average molecular weight is 543 g/mol. The minimum atomic E-state index is -4.60. The maximum atomic E-state index is 13.1. The van der Waals surface area contributed by atoms with E-state index in [2.05, 4.69) is 15.0 Å². The second-order valence-electron chi connectivity index (χ2n) is 9.07. The van der Waals surface area contributed by atoms with Crippen LogP contribution in [0.15, 0.2) is 52.3 Å². The van der Waals surface area contributed by atoms with Gasteiger partial charge in [-0.3, -0.25) is 28.6 Å². The number of aromatic nitrogens is 5. The summed E-state index contributed by atoms with van der Waals surface area (Å²) in [6, 6.07) is 6.92. The number of halogens is 3. The van der Waals surface area contributed by atoms with Crippen LogP contribution < -0.4 is 16.1 Å². The molecule has 0 aliphatic heterocycles. The van der Waals surface area contributed by atoms with Crippen LogP contribution in [0.3, 0.4) is 0 Å². The summed E-state index contributed by atoms with van der Waals surface area (Å²) in [7, 11) is 0. The Morgan fingerprint density at radius 1 is 0.974 bits per heavy atom. The van der Waals surface area contributed by atoms with E-state index in [1.165, 1.54) is 15.7 Å². The third kappa shape index (κ3) is 5.50. The van der Waals surface area contributed by atoms with Crippen molar-refractivity contribution in [1.82, 2.24) is 24.1 Å². The Bertz CT molecular complexity index is 1590. The summed E-state index contributed by atoms with van der Waals surface area (Å²) in [6.45, 7) is 6.69. The molecule has 9 nitrogen and oxygen atoms in total. The number of carbonyl (C=O) groups excluding carboxylic acids is 1. The van der Waals surface area contributed by atoms with E-state index in [-0.39, 0.29) is 23.4 Å². The molecule has 0 saturated carbocycles. The van der Waals surface area contributed by atoms with Crippen LogP contribution in [0.1, 0.15) is 56.1 Å². The molecule has 4 heterocycles. The first-order valence-corrected chi connectivity index (χ1v) is 12.8. The number of hydrogen-bond acceptors (Lipinski definition) is 5. The van der Waals surface area contributed by atoms with Gasteiger partial charge >= 0.3 is 11.9 Å². The summed E-state index contributed by atoms with van der Waals surface area (Å²) in [4.78, 5) is 51.4. The normalized spacial score (nSPS) is 11.7. The molecular weight excluding hydrogens is 513 g/mol. The van der Waals surface area contributed by atoms with E-state index >= 15 is 0 Å². The van der Waals surface area contributed by atoms with Gasteiger partial charge in [-0.2, -0.15) is 13.2 Å². The summed E-state index contributed by atoms with van der Waals surface area (Å²) in [5, 5.41) is 0. The van der Waals surface area contributed by atoms with Crippen molar-refractivity contribution in [3.63, 3.8) is 0 Å². The standard InChI is InChI=1S/C27H29F3N6O3/c1-4-7-13-36-25(38)23-20(35(12-5-2)26(36)39)14-19(33-23)17-9-11-22(32-15-17)34(6-3)24(37)18-8-10-21(31-16-18)27(28,29)30/h8-11,14-16,33H,4-7,12-13H2,1-3H3. The molecule has 0 atom stereocenters. The van der Waals surface area contributed by atoms with E-state index in [0.717, 1.165) is 24.8 Å². The van der Waals surface area contributed by atoms with Crippen molar-refractivity contribution in [2.75, 3.05) is 11.4 Å². The van der Waals surface area contributed by atoms with Crippen LogP contribution in [0.25, 0.3) is 22.3 Å². The predicted octanol–water partition coefficient (Wildman–Crippen LogP) is 4.84. The number of nitrogens with zero attached hydrogens (tertiary/aromatic N) is 5. The molecule has 1 amide bonds. The number of H-pyrrole nitrogens is 1. The van der Waals surface area contributed by atoms with Crippen molar-refractivity contribution in [3.05, 3.63) is 74.8 Å². The molecular formula is C27H29F3N6O3. The van der Waals surface area contributed by atoms with Gasteiger partial charge in [0, 0.05) is 43.3 Å². The number of amides is 1. The van der Waals surface area contributed by atoms with Crippen molar-refractivity contribution < 1.29 is 18.0 Å². The lowest BCUT2D eigenvalue weighted by Gasteiger charge is -2.20. The number of aryl methyl sites for hydroxylation is 1. The van der Waals surface area contributed by atoms with Gasteiger partial charge in [0.25, 0.3) is 11.5 Å². The molecule has 0 unspecified atom stereocenters. The molecule has 0 bridgehead atoms. The second kappa shape index (κ2) is 11.3. The lowest BCUT2D eigenvalue weighted by atomic mass is 10.2. The number of alkyl halides is 3. The summed E-state index contributed by atoms with van der Waals surface area (Å²) in [6.07, 6.45) is 0.0979. The fraction of sp³-hybridized carbons (Fsp3) is 0.370. The fourth-order valence-corrected chi connectivity index (χ4v) is 4.36. The number of rotatable bonds is 9. The SMILES string of the molecule is CCCCn1c(=O)c2[nH]c(-c3ccc(N(CC)C(=O)c4ccc(C(F)(F)F)nc4)nc3)cc2n(CCC)c1=O. The fourth-order valence-electron chi connectivity index (χ4n) is 4.36. The zero-order chi connectivity index (χ0) is 28.3. The average Bonchev–Trinajstić information content (AvgIpc) is 3.37. The first-order valence-electron chi connectivity index (χ1n) is 12.8. The third-order valence-corrected chi connectivity index (χ3v) is 6.39. The number of pyridine rings is 2. The van der Waals surface area contributed by atoms with Crippen LogP contribution in [0.4, 0.5) is 19.0 Å². The Labute approximate surface area is 221 Å². The third-order valence-electron chi connectivity index (χ3n) is 6.39. The van der Waals surface area contributed by atoms with Crippen LogP contribution in [0.2, 0.25) is 0 Å². The van der Waals surface area contributed by atoms with Gasteiger partial charge in [-0.05, 0) is 50.1 Å². The second-order valence-corrected chi connectivity index (χ2v) is 9.07. The molecule has 0 fully saturated rings. The van der Waals surface area contributed by atoms with E-state index in [1.807, 2.05) is 13.8 Å². The van der Waals surface area contributed by atoms with E-state index < -0.39 is 17.8 Å². The van der Waals surface area contributed by atoms with Gasteiger partial charge in [-0.25, -0.2) is 9.78 Å². The smallest absolute Gasteiger partial charge is 0.349 e. The number of unbranched alkanes of at least 4 members (excludes halogenated alkanes) is 1. The van der Waals surface area contributed by atoms with Gasteiger partial charge in [0.05, 0.1) is 11.1 Å². The number of hydrogen-bond donors (Lipinski definition) is 1. The molecule has 0 aromatic carbocycles. The summed E-state index contributed by atoms with van der Waals surface area (Å²) < 4.78 is 41.3. The van der Waals surface area contributed by atoms with E-state index in [9.17, 15) is 27.6 Å². The molecule has 0 aliphatic carbocycles. The Kier molecular flexibility index (Phi) is 8.03. The highest BCUT2D eigenvalue weighted by Crippen LogP contribution is 2.28. The molecule has 0 aliphatic rings. The highest BCUT2D eigenvalue weighted by molar-refractivity contribution is 6.05. The summed E-state index contributed by atoms with van der Waals surface area (Å²) in [5.41, 5.74) is 0.266. The Hall–Kier alpha value is -4.22. The minimum absolute atomic E-state index is 0.000378. The van der Waals surface area contributed by atoms with Crippen molar-refractivity contribution in [3.8, 4) is 11.3 Å². The quantitative estimate of drug-likeness (QED) is 0.326. The highest BCUT2D eigenvalue weighted by atomic mass is 19.4. The predicted molar refractivity (Wildman–Crippen MR) is 142 cm³/mol. The zero-order valence-corrected chi connectivity index (χ0v) is 21.9. The molecule has 39 heavy (non-hydrogen) atoms. The number of nitrogens with one attached hydrogen (secondary N) is 1. The summed E-state index contributed by atoms with van der Waals surface area (Å²) >= 11 is 0. The topological polar surface area (TPSA) is 106 Å². The molecule has 1 N–H and O–H groups in total. The Morgan fingerprint density at radius 2 is 1.74 bits per heavy atom. The largest absolute Gasteiger partial charge is 0.433 e. The lowest BCUT2D eigenvalue weighted by molar-refractivity contribution is -0.141. The van der Waals surface area contributed by atoms with Crippen LogP contribution >= 0.6 is 0 Å². The molecule has 0 saturated heterocycles. The maximum Gasteiger partial charge on any atom is 0.433 e. The number of fused-ring (bicyclic) bond motifs is 1. The zero-order valence-electron chi connectivity index (χ0n) is 21.9. The molecule has 206 valence electrons. The van der Waals surface area contributed by atoms with Crippen molar-refractivity contribution in [2.24, 2.45) is 0 Å². The van der Waals surface area contributed by atoms with E-state index in [0.29, 0.717) is 54.0 Å². The van der Waals surface area contributed by atoms with Gasteiger partial charge in [-0.15, -0.1) is 0 Å².